The van der Waals surface area contributed by atoms with Crippen LogP contribution in [0.5, 0.6) is 17.2 Å². The van der Waals surface area contributed by atoms with Gasteiger partial charge in [-0.1, -0.05) is 12.1 Å². The van der Waals surface area contributed by atoms with Crippen molar-refractivity contribution in [3.63, 3.8) is 0 Å². The second kappa shape index (κ2) is 5.48. The molecule has 1 atom stereocenters. The minimum Gasteiger partial charge on any atom is -0.497 e. The summed E-state index contributed by atoms with van der Waals surface area (Å²) in [7, 11) is 3.26. The molecule has 0 aliphatic carbocycles. The number of carbonyl (C=O) groups excluding carboxylic acids is 1. The highest BCUT2D eigenvalue weighted by Crippen LogP contribution is 2.40. The predicted molar refractivity (Wildman–Crippen MR) is 78.1 cm³/mol. The second-order valence-electron chi connectivity index (χ2n) is 4.91. The Balaban J connectivity index is 2.04. The van der Waals surface area contributed by atoms with Gasteiger partial charge in [0.1, 0.15) is 17.2 Å². The molecular weight excluding hydrogens is 268 g/mol. The third-order valence-electron chi connectivity index (χ3n) is 3.71. The van der Waals surface area contributed by atoms with Crippen LogP contribution < -0.4 is 14.2 Å². The van der Waals surface area contributed by atoms with Crippen LogP contribution in [0.2, 0.25) is 0 Å². The lowest BCUT2D eigenvalue weighted by atomic mass is 9.86. The Morgan fingerprint density at radius 2 is 1.67 bits per heavy atom. The lowest BCUT2D eigenvalue weighted by Crippen LogP contribution is -2.21. The van der Waals surface area contributed by atoms with E-state index >= 15 is 0 Å². The molecule has 4 nitrogen and oxygen atoms in total. The fraction of sp³-hybridized carbons (Fsp3) is 0.235. The van der Waals surface area contributed by atoms with Gasteiger partial charge >= 0.3 is 5.97 Å². The summed E-state index contributed by atoms with van der Waals surface area (Å²) in [5, 5.41) is 0. The SMILES string of the molecule is COc1ccc([C@H]2CC(=O)Oc3ccc(OC)cc32)cc1. The molecule has 1 aliphatic heterocycles. The highest BCUT2D eigenvalue weighted by atomic mass is 16.5. The van der Waals surface area contributed by atoms with Crippen LogP contribution in [0.1, 0.15) is 23.5 Å². The first-order valence-electron chi connectivity index (χ1n) is 6.74. The van der Waals surface area contributed by atoms with Crippen molar-refractivity contribution in [3.8, 4) is 17.2 Å². The number of fused-ring (bicyclic) bond motifs is 1. The lowest BCUT2D eigenvalue weighted by molar-refractivity contribution is -0.135. The molecule has 21 heavy (non-hydrogen) atoms. The van der Waals surface area contributed by atoms with E-state index in [1.54, 1.807) is 26.4 Å². The number of carbonyl (C=O) groups is 1. The fourth-order valence-electron chi connectivity index (χ4n) is 2.59. The van der Waals surface area contributed by atoms with E-state index in [2.05, 4.69) is 0 Å². The van der Waals surface area contributed by atoms with Gasteiger partial charge in [-0.25, -0.2) is 0 Å². The van der Waals surface area contributed by atoms with Crippen LogP contribution in [0.25, 0.3) is 0 Å². The number of hydrogen-bond acceptors (Lipinski definition) is 4. The second-order valence-corrected chi connectivity index (χ2v) is 4.91. The Kier molecular flexibility index (Phi) is 3.52. The number of hydrogen-bond donors (Lipinski definition) is 0. The molecule has 0 radical (unpaired) electrons. The van der Waals surface area contributed by atoms with Crippen LogP contribution in [-0.4, -0.2) is 20.2 Å². The summed E-state index contributed by atoms with van der Waals surface area (Å²) in [6.45, 7) is 0. The molecule has 0 spiro atoms. The summed E-state index contributed by atoms with van der Waals surface area (Å²) < 4.78 is 15.7. The first-order chi connectivity index (χ1) is 10.2. The molecule has 3 rings (SSSR count). The van der Waals surface area contributed by atoms with Gasteiger partial charge in [-0.15, -0.1) is 0 Å². The maximum Gasteiger partial charge on any atom is 0.312 e. The average molecular weight is 284 g/mol. The standard InChI is InChI=1S/C17H16O4/c1-19-12-5-3-11(4-6-12)14-10-17(18)21-16-8-7-13(20-2)9-15(14)16/h3-9,14H,10H2,1-2H3/t14-/m1/s1. The zero-order chi connectivity index (χ0) is 14.8. The molecule has 0 unspecified atom stereocenters. The molecule has 2 aromatic carbocycles. The molecule has 2 aromatic rings. The Hall–Kier alpha value is -2.49. The summed E-state index contributed by atoms with van der Waals surface area (Å²) >= 11 is 0. The zero-order valence-corrected chi connectivity index (χ0v) is 12.0. The van der Waals surface area contributed by atoms with Gasteiger partial charge < -0.3 is 14.2 Å². The third-order valence-corrected chi connectivity index (χ3v) is 3.71. The van der Waals surface area contributed by atoms with Crippen molar-refractivity contribution < 1.29 is 19.0 Å². The van der Waals surface area contributed by atoms with Crippen molar-refractivity contribution in [2.75, 3.05) is 14.2 Å². The number of benzene rings is 2. The first kappa shape index (κ1) is 13.5. The zero-order valence-electron chi connectivity index (χ0n) is 12.0. The summed E-state index contributed by atoms with van der Waals surface area (Å²) in [4.78, 5) is 11.8. The Morgan fingerprint density at radius 3 is 2.33 bits per heavy atom. The van der Waals surface area contributed by atoms with Crippen LogP contribution in [0.4, 0.5) is 0 Å². The van der Waals surface area contributed by atoms with Crippen molar-refractivity contribution in [1.29, 1.82) is 0 Å². The fourth-order valence-corrected chi connectivity index (χ4v) is 2.59. The quantitative estimate of drug-likeness (QED) is 0.641. The molecular formula is C17H16O4. The van der Waals surface area contributed by atoms with Gasteiger partial charge in [0.15, 0.2) is 0 Å². The van der Waals surface area contributed by atoms with Gasteiger partial charge in [-0.3, -0.25) is 4.79 Å². The highest BCUT2D eigenvalue weighted by molar-refractivity contribution is 5.77. The van der Waals surface area contributed by atoms with Gasteiger partial charge in [-0.2, -0.15) is 0 Å². The topological polar surface area (TPSA) is 44.8 Å². The number of rotatable bonds is 3. The maximum absolute atomic E-state index is 11.8. The van der Waals surface area contributed by atoms with Crippen molar-refractivity contribution >= 4 is 5.97 Å². The van der Waals surface area contributed by atoms with Crippen molar-refractivity contribution in [3.05, 3.63) is 53.6 Å². The number of esters is 1. The first-order valence-corrected chi connectivity index (χ1v) is 6.74. The molecule has 0 bridgehead atoms. The normalized spacial score (nSPS) is 16.9. The number of ether oxygens (including phenoxy) is 3. The molecule has 0 aromatic heterocycles. The van der Waals surface area contributed by atoms with E-state index in [-0.39, 0.29) is 11.9 Å². The van der Waals surface area contributed by atoms with E-state index < -0.39 is 0 Å². The van der Waals surface area contributed by atoms with Gasteiger partial charge in [-0.05, 0) is 35.9 Å². The van der Waals surface area contributed by atoms with E-state index in [0.717, 1.165) is 22.6 Å². The summed E-state index contributed by atoms with van der Waals surface area (Å²) in [6.07, 6.45) is 0.326. The van der Waals surface area contributed by atoms with E-state index in [0.29, 0.717) is 12.2 Å². The Morgan fingerprint density at radius 1 is 1.00 bits per heavy atom. The number of methoxy groups -OCH3 is 2. The van der Waals surface area contributed by atoms with E-state index in [4.69, 9.17) is 14.2 Å². The van der Waals surface area contributed by atoms with Gasteiger partial charge in [0, 0.05) is 11.5 Å². The van der Waals surface area contributed by atoms with Crippen LogP contribution in [-0.2, 0) is 4.79 Å². The van der Waals surface area contributed by atoms with Crippen molar-refractivity contribution in [2.24, 2.45) is 0 Å². The smallest absolute Gasteiger partial charge is 0.312 e. The van der Waals surface area contributed by atoms with Crippen LogP contribution in [0.3, 0.4) is 0 Å². The molecule has 1 aliphatic rings. The minimum atomic E-state index is -0.214. The molecule has 1 heterocycles. The van der Waals surface area contributed by atoms with Gasteiger partial charge in [0.2, 0.25) is 0 Å². The molecule has 108 valence electrons. The summed E-state index contributed by atoms with van der Waals surface area (Å²) in [5.74, 6) is 1.91. The Bertz CT molecular complexity index is 661. The maximum atomic E-state index is 11.8. The minimum absolute atomic E-state index is 0.0257. The van der Waals surface area contributed by atoms with Crippen LogP contribution >= 0.6 is 0 Å². The van der Waals surface area contributed by atoms with Crippen LogP contribution in [0, 0.1) is 0 Å². The average Bonchev–Trinajstić information content (AvgIpc) is 2.53. The van der Waals surface area contributed by atoms with Crippen LogP contribution in [0.15, 0.2) is 42.5 Å². The summed E-state index contributed by atoms with van der Waals surface area (Å²) in [5.41, 5.74) is 2.03. The van der Waals surface area contributed by atoms with E-state index in [9.17, 15) is 4.79 Å². The van der Waals surface area contributed by atoms with Crippen molar-refractivity contribution in [2.45, 2.75) is 12.3 Å². The molecule has 0 amide bonds. The predicted octanol–water partition coefficient (Wildman–Crippen LogP) is 3.14. The van der Waals surface area contributed by atoms with E-state index in [1.807, 2.05) is 30.3 Å². The summed E-state index contributed by atoms with van der Waals surface area (Å²) in [6, 6.07) is 13.3. The largest absolute Gasteiger partial charge is 0.497 e. The Labute approximate surface area is 123 Å². The van der Waals surface area contributed by atoms with E-state index in [1.165, 1.54) is 0 Å². The molecule has 4 heteroatoms. The van der Waals surface area contributed by atoms with Gasteiger partial charge in [0.25, 0.3) is 0 Å². The monoisotopic (exact) mass is 284 g/mol. The lowest BCUT2D eigenvalue weighted by Gasteiger charge is -2.25. The van der Waals surface area contributed by atoms with Crippen molar-refractivity contribution in [1.82, 2.24) is 0 Å². The molecule has 0 saturated heterocycles. The molecule has 0 fully saturated rings. The molecule has 0 saturated carbocycles. The molecule has 0 N–H and O–H groups in total. The van der Waals surface area contributed by atoms with Gasteiger partial charge in [0.05, 0.1) is 20.6 Å². The highest BCUT2D eigenvalue weighted by Gasteiger charge is 2.28. The third kappa shape index (κ3) is 2.57.